The van der Waals surface area contributed by atoms with Gasteiger partial charge in [-0.3, -0.25) is 4.79 Å². The van der Waals surface area contributed by atoms with Crippen molar-refractivity contribution in [3.05, 3.63) is 23.1 Å². The van der Waals surface area contributed by atoms with Gasteiger partial charge < -0.3 is 9.42 Å². The maximum atomic E-state index is 12.1. The molecule has 108 valence electrons. The molecule has 7 nitrogen and oxygen atoms in total. The fourth-order valence-corrected chi connectivity index (χ4v) is 2.12. The number of likely N-dealkylation sites (N-methyl/N-ethyl adjacent to an activating group) is 1. The average Bonchev–Trinajstić information content (AvgIpc) is 3.03. The monoisotopic (exact) mass is 295 g/mol. The lowest BCUT2D eigenvalue weighted by Gasteiger charge is -2.14. The van der Waals surface area contributed by atoms with E-state index in [-0.39, 0.29) is 11.8 Å². The molecule has 2 heterocycles. The summed E-state index contributed by atoms with van der Waals surface area (Å²) in [7, 11) is 1.73. The Hall–Kier alpha value is -1.83. The van der Waals surface area contributed by atoms with Crippen molar-refractivity contribution >= 4 is 17.6 Å². The number of carbonyl (C=O) groups excluding carboxylic acids is 1. The van der Waals surface area contributed by atoms with E-state index in [0.29, 0.717) is 36.1 Å². The summed E-state index contributed by atoms with van der Waals surface area (Å²) in [6.45, 7) is 6.27. The number of rotatable bonds is 5. The van der Waals surface area contributed by atoms with Crippen molar-refractivity contribution in [1.29, 1.82) is 0 Å². The predicted molar refractivity (Wildman–Crippen MR) is 73.7 cm³/mol. The van der Waals surface area contributed by atoms with Crippen molar-refractivity contribution in [3.8, 4) is 0 Å². The molecule has 0 N–H and O–H groups in total. The molecular formula is C12H17N5O2S. The van der Waals surface area contributed by atoms with Crippen LogP contribution < -0.4 is 0 Å². The van der Waals surface area contributed by atoms with Crippen LogP contribution in [0.1, 0.15) is 47.7 Å². The summed E-state index contributed by atoms with van der Waals surface area (Å²) < 4.78 is 13.1. The molecule has 0 unspecified atom stereocenters. The van der Waals surface area contributed by atoms with Crippen LogP contribution in [0.5, 0.6) is 0 Å². The van der Waals surface area contributed by atoms with Crippen LogP contribution >= 0.6 is 11.7 Å². The molecule has 1 amide bonds. The van der Waals surface area contributed by atoms with E-state index in [9.17, 15) is 4.79 Å². The summed E-state index contributed by atoms with van der Waals surface area (Å²) in [5.74, 6) is 1.30. The van der Waals surface area contributed by atoms with Gasteiger partial charge in [0.1, 0.15) is 0 Å². The van der Waals surface area contributed by atoms with Crippen LogP contribution in [0.25, 0.3) is 0 Å². The highest BCUT2D eigenvalue weighted by molar-refractivity contribution is 6.99. The Kier molecular flexibility index (Phi) is 4.43. The Morgan fingerprint density at radius 3 is 2.70 bits per heavy atom. The van der Waals surface area contributed by atoms with Crippen molar-refractivity contribution < 1.29 is 9.32 Å². The fraction of sp³-hybridized carbons (Fsp3) is 0.583. The number of hydrogen-bond donors (Lipinski definition) is 0. The zero-order valence-electron chi connectivity index (χ0n) is 12.0. The second-order valence-electron chi connectivity index (χ2n) is 4.88. The van der Waals surface area contributed by atoms with E-state index < -0.39 is 0 Å². The molecule has 0 aliphatic carbocycles. The van der Waals surface area contributed by atoms with Crippen molar-refractivity contribution in [1.82, 2.24) is 23.8 Å². The summed E-state index contributed by atoms with van der Waals surface area (Å²) in [6.07, 6.45) is 0.551. The maximum absolute atomic E-state index is 12.1. The smallest absolute Gasteiger partial charge is 0.275 e. The number of hydrogen-bond acceptors (Lipinski definition) is 7. The van der Waals surface area contributed by atoms with Crippen molar-refractivity contribution in [2.24, 2.45) is 0 Å². The Morgan fingerprint density at radius 2 is 2.15 bits per heavy atom. The van der Waals surface area contributed by atoms with E-state index in [1.165, 1.54) is 0 Å². The second-order valence-corrected chi connectivity index (χ2v) is 5.41. The molecule has 0 aromatic carbocycles. The standard InChI is InChI=1S/C12H17N5O2S/c1-7(2)11-13-9(14-19-11)5-6-17(4)12(18)10-8(3)15-20-16-10/h7H,5-6H2,1-4H3. The Morgan fingerprint density at radius 1 is 1.40 bits per heavy atom. The molecule has 2 aromatic heterocycles. The lowest BCUT2D eigenvalue weighted by atomic mass is 10.2. The maximum Gasteiger partial charge on any atom is 0.275 e. The molecule has 0 aliphatic heterocycles. The molecular weight excluding hydrogens is 278 g/mol. The van der Waals surface area contributed by atoms with Gasteiger partial charge in [0.15, 0.2) is 11.5 Å². The number of carbonyl (C=O) groups is 1. The number of aryl methyl sites for hydroxylation is 1. The van der Waals surface area contributed by atoms with E-state index >= 15 is 0 Å². The summed E-state index contributed by atoms with van der Waals surface area (Å²) in [4.78, 5) is 18.0. The SMILES string of the molecule is Cc1nsnc1C(=O)N(C)CCc1noc(C(C)C)n1. The van der Waals surface area contributed by atoms with Crippen LogP contribution in [0, 0.1) is 6.92 Å². The number of amides is 1. The molecule has 0 aliphatic rings. The third-order valence-corrected chi connectivity index (χ3v) is 3.47. The zero-order valence-corrected chi connectivity index (χ0v) is 12.8. The molecule has 0 spiro atoms. The molecule has 2 aromatic rings. The van der Waals surface area contributed by atoms with Crippen molar-refractivity contribution in [2.45, 2.75) is 33.1 Å². The van der Waals surface area contributed by atoms with Crippen LogP contribution in [0.3, 0.4) is 0 Å². The summed E-state index contributed by atoms with van der Waals surface area (Å²) >= 11 is 1.05. The number of nitrogens with zero attached hydrogens (tertiary/aromatic N) is 5. The quantitative estimate of drug-likeness (QED) is 0.834. The molecule has 8 heteroatoms. The molecule has 0 bridgehead atoms. The van der Waals surface area contributed by atoms with E-state index in [1.807, 2.05) is 13.8 Å². The summed E-state index contributed by atoms with van der Waals surface area (Å²) in [5.41, 5.74) is 1.07. The van der Waals surface area contributed by atoms with Crippen LogP contribution in [0.4, 0.5) is 0 Å². The Labute approximate surface area is 121 Å². The normalized spacial score (nSPS) is 11.1. The highest BCUT2D eigenvalue weighted by Crippen LogP contribution is 2.12. The Balaban J connectivity index is 1.93. The first-order valence-corrected chi connectivity index (χ1v) is 7.09. The van der Waals surface area contributed by atoms with Gasteiger partial charge in [-0.1, -0.05) is 19.0 Å². The molecule has 0 atom stereocenters. The molecule has 0 saturated heterocycles. The third-order valence-electron chi connectivity index (χ3n) is 2.85. The average molecular weight is 295 g/mol. The third kappa shape index (κ3) is 3.19. The fourth-order valence-electron chi connectivity index (χ4n) is 1.58. The van der Waals surface area contributed by atoms with E-state index in [4.69, 9.17) is 4.52 Å². The lowest BCUT2D eigenvalue weighted by Crippen LogP contribution is -2.29. The first-order valence-electron chi connectivity index (χ1n) is 6.36. The summed E-state index contributed by atoms with van der Waals surface area (Å²) in [6, 6.07) is 0. The van der Waals surface area contributed by atoms with E-state index in [1.54, 1.807) is 18.9 Å². The van der Waals surface area contributed by atoms with Crippen LogP contribution in [-0.4, -0.2) is 43.3 Å². The molecule has 0 saturated carbocycles. The van der Waals surface area contributed by atoms with Crippen LogP contribution in [0.15, 0.2) is 4.52 Å². The molecule has 0 fully saturated rings. The largest absolute Gasteiger partial charge is 0.340 e. The highest BCUT2D eigenvalue weighted by atomic mass is 32.1. The molecule has 0 radical (unpaired) electrons. The lowest BCUT2D eigenvalue weighted by molar-refractivity contribution is 0.0790. The highest BCUT2D eigenvalue weighted by Gasteiger charge is 2.18. The van der Waals surface area contributed by atoms with Gasteiger partial charge in [-0.15, -0.1) is 0 Å². The first kappa shape index (κ1) is 14.6. The van der Waals surface area contributed by atoms with Gasteiger partial charge >= 0.3 is 0 Å². The topological polar surface area (TPSA) is 85.0 Å². The minimum atomic E-state index is -0.135. The minimum absolute atomic E-state index is 0.135. The zero-order chi connectivity index (χ0) is 14.7. The number of aromatic nitrogens is 4. The van der Waals surface area contributed by atoms with E-state index in [2.05, 4.69) is 18.9 Å². The van der Waals surface area contributed by atoms with Crippen molar-refractivity contribution in [2.75, 3.05) is 13.6 Å². The first-order chi connectivity index (χ1) is 9.49. The van der Waals surface area contributed by atoms with Gasteiger partial charge in [0.05, 0.1) is 17.4 Å². The van der Waals surface area contributed by atoms with Gasteiger partial charge in [0, 0.05) is 25.9 Å². The minimum Gasteiger partial charge on any atom is -0.340 e. The van der Waals surface area contributed by atoms with E-state index in [0.717, 1.165) is 11.7 Å². The van der Waals surface area contributed by atoms with Gasteiger partial charge in [-0.05, 0) is 6.92 Å². The second kappa shape index (κ2) is 6.08. The van der Waals surface area contributed by atoms with Crippen LogP contribution in [-0.2, 0) is 6.42 Å². The molecule has 20 heavy (non-hydrogen) atoms. The van der Waals surface area contributed by atoms with Crippen LogP contribution in [0.2, 0.25) is 0 Å². The van der Waals surface area contributed by atoms with Gasteiger partial charge in [0.2, 0.25) is 5.89 Å². The van der Waals surface area contributed by atoms with Gasteiger partial charge in [0.25, 0.3) is 5.91 Å². The van der Waals surface area contributed by atoms with Gasteiger partial charge in [-0.2, -0.15) is 13.7 Å². The van der Waals surface area contributed by atoms with Crippen molar-refractivity contribution in [3.63, 3.8) is 0 Å². The molecule has 2 rings (SSSR count). The van der Waals surface area contributed by atoms with Gasteiger partial charge in [-0.25, -0.2) is 0 Å². The Bertz CT molecular complexity index is 592. The summed E-state index contributed by atoms with van der Waals surface area (Å²) in [5, 5.41) is 3.90. The predicted octanol–water partition coefficient (Wildman–Crippen LogP) is 1.67.